The molecule has 4 nitrogen and oxygen atoms in total. The van der Waals surface area contributed by atoms with Crippen LogP contribution in [-0.4, -0.2) is 36.1 Å². The summed E-state index contributed by atoms with van der Waals surface area (Å²) in [5, 5.41) is 3.33. The van der Waals surface area contributed by atoms with E-state index in [0.717, 1.165) is 43.5 Å². The van der Waals surface area contributed by atoms with Gasteiger partial charge >= 0.3 is 0 Å². The summed E-state index contributed by atoms with van der Waals surface area (Å²) in [6, 6.07) is 2.04. The van der Waals surface area contributed by atoms with Crippen LogP contribution in [-0.2, 0) is 0 Å². The summed E-state index contributed by atoms with van der Waals surface area (Å²) in [5.41, 5.74) is 1.03. The van der Waals surface area contributed by atoms with Crippen molar-refractivity contribution in [3.05, 3.63) is 17.6 Å². The number of aromatic nitrogens is 2. The van der Waals surface area contributed by atoms with Gasteiger partial charge in [-0.05, 0) is 27.3 Å². The van der Waals surface area contributed by atoms with Gasteiger partial charge in [-0.15, -0.1) is 0 Å². The number of anilines is 1. The number of nitrogens with zero attached hydrogens (tertiary/aromatic N) is 3. The van der Waals surface area contributed by atoms with E-state index in [2.05, 4.69) is 34.0 Å². The highest BCUT2D eigenvalue weighted by Crippen LogP contribution is 2.11. The van der Waals surface area contributed by atoms with Crippen LogP contribution in [0.1, 0.15) is 25.4 Å². The van der Waals surface area contributed by atoms with Crippen LogP contribution in [0.25, 0.3) is 0 Å². The summed E-state index contributed by atoms with van der Waals surface area (Å²) in [4.78, 5) is 11.0. The quantitative estimate of drug-likeness (QED) is 0.741. The fraction of sp³-hybridized carbons (Fsp3) is 0.667. The third-order valence-corrected chi connectivity index (χ3v) is 2.47. The fourth-order valence-electron chi connectivity index (χ4n) is 1.68. The highest BCUT2D eigenvalue weighted by molar-refractivity contribution is 5.39. The average Bonchev–Trinajstić information content (AvgIpc) is 2.23. The van der Waals surface area contributed by atoms with Crippen LogP contribution in [0.15, 0.2) is 6.07 Å². The Morgan fingerprint density at radius 3 is 2.56 bits per heavy atom. The molecular formula is C12H22N4. The Bertz CT molecular complexity index is 305. The van der Waals surface area contributed by atoms with Crippen molar-refractivity contribution < 1.29 is 0 Å². The van der Waals surface area contributed by atoms with E-state index in [1.807, 2.05) is 19.9 Å². The van der Waals surface area contributed by atoms with E-state index in [1.54, 1.807) is 0 Å². The lowest BCUT2D eigenvalue weighted by Gasteiger charge is -2.22. The lowest BCUT2D eigenvalue weighted by molar-refractivity contribution is 0.682. The first kappa shape index (κ1) is 12.9. The monoisotopic (exact) mass is 222 g/mol. The van der Waals surface area contributed by atoms with E-state index >= 15 is 0 Å². The smallest absolute Gasteiger partial charge is 0.132 e. The zero-order chi connectivity index (χ0) is 12.0. The van der Waals surface area contributed by atoms with Gasteiger partial charge in [-0.1, -0.05) is 6.92 Å². The van der Waals surface area contributed by atoms with Gasteiger partial charge in [0.1, 0.15) is 11.6 Å². The van der Waals surface area contributed by atoms with Gasteiger partial charge in [0.15, 0.2) is 0 Å². The lowest BCUT2D eigenvalue weighted by Crippen LogP contribution is -2.32. The Morgan fingerprint density at radius 1 is 1.25 bits per heavy atom. The molecule has 1 aromatic heterocycles. The second-order valence-corrected chi connectivity index (χ2v) is 3.85. The van der Waals surface area contributed by atoms with Crippen molar-refractivity contribution in [1.29, 1.82) is 0 Å². The minimum atomic E-state index is 0.844. The van der Waals surface area contributed by atoms with E-state index in [-0.39, 0.29) is 0 Å². The van der Waals surface area contributed by atoms with Gasteiger partial charge < -0.3 is 10.2 Å². The Labute approximate surface area is 98.1 Å². The fourth-order valence-corrected chi connectivity index (χ4v) is 1.68. The molecule has 0 amide bonds. The molecule has 0 aliphatic carbocycles. The Morgan fingerprint density at radius 2 is 2.00 bits per heavy atom. The molecular weight excluding hydrogens is 200 g/mol. The van der Waals surface area contributed by atoms with Crippen LogP contribution in [0.3, 0.4) is 0 Å². The van der Waals surface area contributed by atoms with Gasteiger partial charge in [0.25, 0.3) is 0 Å². The van der Waals surface area contributed by atoms with Crippen molar-refractivity contribution in [1.82, 2.24) is 15.3 Å². The molecule has 1 rings (SSSR count). The third-order valence-electron chi connectivity index (χ3n) is 2.47. The molecule has 16 heavy (non-hydrogen) atoms. The number of likely N-dealkylation sites (N-methyl/N-ethyl adjacent to an activating group) is 2. The van der Waals surface area contributed by atoms with E-state index in [1.165, 1.54) is 0 Å². The van der Waals surface area contributed by atoms with Gasteiger partial charge in [0.2, 0.25) is 0 Å². The molecule has 0 unspecified atom stereocenters. The van der Waals surface area contributed by atoms with Gasteiger partial charge in [0, 0.05) is 31.4 Å². The highest BCUT2D eigenvalue weighted by atomic mass is 15.2. The van der Waals surface area contributed by atoms with Gasteiger partial charge in [-0.25, -0.2) is 9.97 Å². The average molecular weight is 222 g/mol. The van der Waals surface area contributed by atoms with E-state index in [9.17, 15) is 0 Å². The molecule has 0 radical (unpaired) electrons. The molecule has 0 aliphatic heterocycles. The summed E-state index contributed by atoms with van der Waals surface area (Å²) in [6.07, 6.45) is 0. The third kappa shape index (κ3) is 3.77. The number of nitrogens with one attached hydrogen (secondary N) is 1. The summed E-state index contributed by atoms with van der Waals surface area (Å²) in [6.45, 7) is 12.2. The molecule has 4 heteroatoms. The van der Waals surface area contributed by atoms with Crippen molar-refractivity contribution in [3.8, 4) is 0 Å². The number of aryl methyl sites for hydroxylation is 2. The number of hydrogen-bond donors (Lipinski definition) is 1. The molecule has 0 bridgehead atoms. The topological polar surface area (TPSA) is 41.0 Å². The molecule has 0 spiro atoms. The SMILES string of the molecule is CCNCCN(CC)c1cc(C)nc(C)n1. The number of hydrogen-bond acceptors (Lipinski definition) is 4. The van der Waals surface area contributed by atoms with Crippen LogP contribution in [0.5, 0.6) is 0 Å². The summed E-state index contributed by atoms with van der Waals surface area (Å²) in [7, 11) is 0. The van der Waals surface area contributed by atoms with Crippen molar-refractivity contribution in [2.24, 2.45) is 0 Å². The molecule has 0 saturated carbocycles. The predicted molar refractivity (Wildman–Crippen MR) is 67.9 cm³/mol. The zero-order valence-corrected chi connectivity index (χ0v) is 10.7. The molecule has 1 aromatic rings. The molecule has 1 heterocycles. The second-order valence-electron chi connectivity index (χ2n) is 3.85. The maximum absolute atomic E-state index is 4.47. The Kier molecular flexibility index (Phi) is 5.19. The minimum Gasteiger partial charge on any atom is -0.356 e. The molecule has 0 saturated heterocycles. The molecule has 0 atom stereocenters. The molecule has 0 fully saturated rings. The molecule has 0 aliphatic rings. The summed E-state index contributed by atoms with van der Waals surface area (Å²) >= 11 is 0. The molecule has 1 N–H and O–H groups in total. The van der Waals surface area contributed by atoms with E-state index in [0.29, 0.717) is 0 Å². The molecule has 0 aromatic carbocycles. The van der Waals surface area contributed by atoms with Crippen LogP contribution in [0.2, 0.25) is 0 Å². The zero-order valence-electron chi connectivity index (χ0n) is 10.7. The Hall–Kier alpha value is -1.16. The van der Waals surface area contributed by atoms with Crippen molar-refractivity contribution in [3.63, 3.8) is 0 Å². The van der Waals surface area contributed by atoms with E-state index in [4.69, 9.17) is 0 Å². The van der Waals surface area contributed by atoms with Gasteiger partial charge in [0.05, 0.1) is 0 Å². The second kappa shape index (κ2) is 6.43. The van der Waals surface area contributed by atoms with E-state index < -0.39 is 0 Å². The minimum absolute atomic E-state index is 0.844. The standard InChI is InChI=1S/C12H22N4/c1-5-13-7-8-16(6-2)12-9-10(3)14-11(4)15-12/h9,13H,5-8H2,1-4H3. The van der Waals surface area contributed by atoms with Crippen LogP contribution < -0.4 is 10.2 Å². The summed E-state index contributed by atoms with van der Waals surface area (Å²) in [5.74, 6) is 1.88. The van der Waals surface area contributed by atoms with Gasteiger partial charge in [-0.2, -0.15) is 0 Å². The number of rotatable bonds is 6. The first-order valence-corrected chi connectivity index (χ1v) is 5.95. The molecule has 90 valence electrons. The maximum Gasteiger partial charge on any atom is 0.132 e. The van der Waals surface area contributed by atoms with Crippen LogP contribution in [0, 0.1) is 13.8 Å². The van der Waals surface area contributed by atoms with Crippen molar-refractivity contribution in [2.75, 3.05) is 31.1 Å². The predicted octanol–water partition coefficient (Wildman–Crippen LogP) is 1.53. The van der Waals surface area contributed by atoms with Crippen LogP contribution in [0.4, 0.5) is 5.82 Å². The highest BCUT2D eigenvalue weighted by Gasteiger charge is 2.06. The first-order chi connectivity index (χ1) is 7.67. The van der Waals surface area contributed by atoms with Crippen LogP contribution >= 0.6 is 0 Å². The first-order valence-electron chi connectivity index (χ1n) is 5.95. The maximum atomic E-state index is 4.47. The normalized spacial score (nSPS) is 10.5. The Balaban J connectivity index is 2.70. The largest absolute Gasteiger partial charge is 0.356 e. The van der Waals surface area contributed by atoms with Gasteiger partial charge in [-0.3, -0.25) is 0 Å². The van der Waals surface area contributed by atoms with Crippen molar-refractivity contribution >= 4 is 5.82 Å². The summed E-state index contributed by atoms with van der Waals surface area (Å²) < 4.78 is 0. The van der Waals surface area contributed by atoms with Crippen molar-refractivity contribution in [2.45, 2.75) is 27.7 Å². The lowest BCUT2D eigenvalue weighted by atomic mass is 10.3.